The molecule has 2 N–H and O–H groups in total. The maximum absolute atomic E-state index is 11.7. The van der Waals surface area contributed by atoms with Gasteiger partial charge in [0.15, 0.2) is 0 Å². The molecule has 0 radical (unpaired) electrons. The van der Waals surface area contributed by atoms with E-state index in [1.54, 1.807) is 18.4 Å². The van der Waals surface area contributed by atoms with Gasteiger partial charge >= 0.3 is 0 Å². The van der Waals surface area contributed by atoms with Crippen LogP contribution in [0.3, 0.4) is 0 Å². The fourth-order valence-electron chi connectivity index (χ4n) is 3.29. The lowest BCUT2D eigenvalue weighted by Crippen LogP contribution is -2.28. The van der Waals surface area contributed by atoms with Gasteiger partial charge in [0, 0.05) is 31.1 Å². The van der Waals surface area contributed by atoms with Crippen LogP contribution in [-0.2, 0) is 6.54 Å². The largest absolute Gasteiger partial charge is 0.467 e. The highest BCUT2D eigenvalue weighted by molar-refractivity contribution is 5.94. The molecule has 1 saturated heterocycles. The van der Waals surface area contributed by atoms with E-state index >= 15 is 0 Å². The highest BCUT2D eigenvalue weighted by Crippen LogP contribution is 2.34. The minimum Gasteiger partial charge on any atom is -0.467 e. The number of hydrogen-bond acceptors (Lipinski definition) is 8. The third kappa shape index (κ3) is 3.68. The van der Waals surface area contributed by atoms with Crippen LogP contribution in [0.2, 0.25) is 0 Å². The van der Waals surface area contributed by atoms with E-state index in [1.807, 2.05) is 12.1 Å². The monoisotopic (exact) mass is 368 g/mol. The molecule has 9 nitrogen and oxygen atoms in total. The molecule has 27 heavy (non-hydrogen) atoms. The SMILES string of the molecule is O=[N+]([O-])c1cc2c(NCc3ccco3)ncnc2cc1N1CCCNCC1. The second-order valence-corrected chi connectivity index (χ2v) is 6.36. The summed E-state index contributed by atoms with van der Waals surface area (Å²) in [6, 6.07) is 7.01. The molecule has 1 aliphatic heterocycles. The van der Waals surface area contributed by atoms with Crippen molar-refractivity contribution >= 4 is 28.1 Å². The molecule has 0 saturated carbocycles. The van der Waals surface area contributed by atoms with Gasteiger partial charge in [-0.05, 0) is 31.2 Å². The molecular weight excluding hydrogens is 348 g/mol. The Balaban J connectivity index is 1.72. The normalized spacial score (nSPS) is 14.9. The first-order valence-corrected chi connectivity index (χ1v) is 8.87. The van der Waals surface area contributed by atoms with E-state index in [2.05, 4.69) is 25.5 Å². The fraction of sp³-hybridized carbons (Fsp3) is 0.333. The average molecular weight is 368 g/mol. The summed E-state index contributed by atoms with van der Waals surface area (Å²) in [5.41, 5.74) is 1.34. The zero-order valence-corrected chi connectivity index (χ0v) is 14.7. The van der Waals surface area contributed by atoms with Crippen molar-refractivity contribution in [3.63, 3.8) is 0 Å². The summed E-state index contributed by atoms with van der Waals surface area (Å²) in [7, 11) is 0. The molecule has 0 aliphatic carbocycles. The Hall–Kier alpha value is -3.20. The Morgan fingerprint density at radius 3 is 3.04 bits per heavy atom. The molecule has 2 aromatic heterocycles. The number of nitrogens with one attached hydrogen (secondary N) is 2. The van der Waals surface area contributed by atoms with Gasteiger partial charge < -0.3 is 20.0 Å². The zero-order chi connectivity index (χ0) is 18.6. The third-order valence-corrected chi connectivity index (χ3v) is 4.62. The zero-order valence-electron chi connectivity index (χ0n) is 14.7. The van der Waals surface area contributed by atoms with E-state index in [4.69, 9.17) is 4.42 Å². The van der Waals surface area contributed by atoms with Crippen molar-refractivity contribution in [1.29, 1.82) is 0 Å². The highest BCUT2D eigenvalue weighted by Gasteiger charge is 2.23. The van der Waals surface area contributed by atoms with Crippen molar-refractivity contribution in [3.05, 3.63) is 52.7 Å². The molecule has 0 unspecified atom stereocenters. The lowest BCUT2D eigenvalue weighted by Gasteiger charge is -2.22. The first-order chi connectivity index (χ1) is 13.2. The van der Waals surface area contributed by atoms with Crippen LogP contribution in [0.4, 0.5) is 17.2 Å². The number of hydrogen-bond donors (Lipinski definition) is 2. The van der Waals surface area contributed by atoms with Gasteiger partial charge in [-0.1, -0.05) is 0 Å². The number of aromatic nitrogens is 2. The standard InChI is InChI=1S/C18H20N6O3/c25-24(26)17-9-14-15(10-16(17)23-6-2-4-19-5-7-23)21-12-22-18(14)20-11-13-3-1-8-27-13/h1,3,8-10,12,19H,2,4-7,11H2,(H,20,21,22). The molecule has 1 aromatic carbocycles. The van der Waals surface area contributed by atoms with Crippen LogP contribution in [0.25, 0.3) is 10.9 Å². The second kappa shape index (κ2) is 7.58. The van der Waals surface area contributed by atoms with E-state index in [0.717, 1.165) is 38.4 Å². The topological polar surface area (TPSA) is 109 Å². The maximum atomic E-state index is 11.7. The van der Waals surface area contributed by atoms with Crippen molar-refractivity contribution in [2.75, 3.05) is 36.4 Å². The van der Waals surface area contributed by atoms with Crippen molar-refractivity contribution in [1.82, 2.24) is 15.3 Å². The van der Waals surface area contributed by atoms with Crippen LogP contribution in [-0.4, -0.2) is 41.1 Å². The molecule has 3 heterocycles. The summed E-state index contributed by atoms with van der Waals surface area (Å²) in [6.45, 7) is 3.65. The van der Waals surface area contributed by atoms with Crippen LogP contribution in [0.1, 0.15) is 12.2 Å². The summed E-state index contributed by atoms with van der Waals surface area (Å²) >= 11 is 0. The van der Waals surface area contributed by atoms with Gasteiger partial charge in [-0.3, -0.25) is 10.1 Å². The van der Waals surface area contributed by atoms with Gasteiger partial charge in [0.05, 0.1) is 23.2 Å². The van der Waals surface area contributed by atoms with E-state index in [9.17, 15) is 10.1 Å². The van der Waals surface area contributed by atoms with Gasteiger partial charge in [0.25, 0.3) is 5.69 Å². The fourth-order valence-corrected chi connectivity index (χ4v) is 3.29. The number of nitro groups is 1. The van der Waals surface area contributed by atoms with E-state index < -0.39 is 0 Å². The third-order valence-electron chi connectivity index (χ3n) is 4.62. The number of furan rings is 1. The summed E-state index contributed by atoms with van der Waals surface area (Å²) in [6.07, 6.45) is 4.00. The Kier molecular flexibility index (Phi) is 4.84. The van der Waals surface area contributed by atoms with E-state index in [1.165, 1.54) is 6.33 Å². The quantitative estimate of drug-likeness (QED) is 0.522. The molecule has 140 valence electrons. The number of rotatable bonds is 5. The maximum Gasteiger partial charge on any atom is 0.293 e. The van der Waals surface area contributed by atoms with Gasteiger partial charge in [-0.15, -0.1) is 0 Å². The molecular formula is C18H20N6O3. The molecule has 1 aliphatic rings. The van der Waals surface area contributed by atoms with Gasteiger partial charge in [-0.2, -0.15) is 0 Å². The molecule has 1 fully saturated rings. The Labute approximate surface area is 155 Å². The molecule has 0 atom stereocenters. The number of nitrogens with zero attached hydrogens (tertiary/aromatic N) is 4. The van der Waals surface area contributed by atoms with Gasteiger partial charge in [-0.25, -0.2) is 9.97 Å². The van der Waals surface area contributed by atoms with Crippen molar-refractivity contribution < 1.29 is 9.34 Å². The van der Waals surface area contributed by atoms with Crippen molar-refractivity contribution in [3.8, 4) is 0 Å². The minimum absolute atomic E-state index is 0.0697. The van der Waals surface area contributed by atoms with Crippen molar-refractivity contribution in [2.24, 2.45) is 0 Å². The lowest BCUT2D eigenvalue weighted by molar-refractivity contribution is -0.384. The summed E-state index contributed by atoms with van der Waals surface area (Å²) < 4.78 is 5.31. The number of fused-ring (bicyclic) bond motifs is 1. The molecule has 0 amide bonds. The van der Waals surface area contributed by atoms with Crippen LogP contribution in [0, 0.1) is 10.1 Å². The Bertz CT molecular complexity index is 936. The molecule has 4 rings (SSSR count). The molecule has 3 aromatic rings. The van der Waals surface area contributed by atoms with Crippen LogP contribution in [0.15, 0.2) is 41.3 Å². The number of nitro benzene ring substituents is 1. The van der Waals surface area contributed by atoms with Gasteiger partial charge in [0.1, 0.15) is 23.6 Å². The number of anilines is 2. The summed E-state index contributed by atoms with van der Waals surface area (Å²) in [5, 5.41) is 18.8. The summed E-state index contributed by atoms with van der Waals surface area (Å²) in [5.74, 6) is 1.30. The summed E-state index contributed by atoms with van der Waals surface area (Å²) in [4.78, 5) is 22.0. The van der Waals surface area contributed by atoms with Crippen LogP contribution >= 0.6 is 0 Å². The average Bonchev–Trinajstić information content (AvgIpc) is 3.05. The first-order valence-electron chi connectivity index (χ1n) is 8.87. The number of benzene rings is 1. The van der Waals surface area contributed by atoms with Crippen molar-refractivity contribution in [2.45, 2.75) is 13.0 Å². The highest BCUT2D eigenvalue weighted by atomic mass is 16.6. The van der Waals surface area contributed by atoms with E-state index in [0.29, 0.717) is 29.0 Å². The predicted molar refractivity (Wildman–Crippen MR) is 102 cm³/mol. The Morgan fingerprint density at radius 2 is 2.22 bits per heavy atom. The first kappa shape index (κ1) is 17.2. The second-order valence-electron chi connectivity index (χ2n) is 6.36. The minimum atomic E-state index is -0.337. The van der Waals surface area contributed by atoms with Crippen LogP contribution < -0.4 is 15.5 Å². The Morgan fingerprint density at radius 1 is 1.30 bits per heavy atom. The van der Waals surface area contributed by atoms with Crippen LogP contribution in [0.5, 0.6) is 0 Å². The lowest BCUT2D eigenvalue weighted by atomic mass is 10.1. The molecule has 0 spiro atoms. The molecule has 9 heteroatoms. The van der Waals surface area contributed by atoms with E-state index in [-0.39, 0.29) is 10.6 Å². The smallest absolute Gasteiger partial charge is 0.293 e. The molecule has 0 bridgehead atoms. The predicted octanol–water partition coefficient (Wildman–Crippen LogP) is 2.54. The van der Waals surface area contributed by atoms with Gasteiger partial charge in [0.2, 0.25) is 0 Å².